The van der Waals surface area contributed by atoms with E-state index in [2.05, 4.69) is 0 Å². The van der Waals surface area contributed by atoms with Crippen molar-refractivity contribution in [3.8, 4) is 0 Å². The number of carbonyl (C=O) groups excluding carboxylic acids is 1. The molecule has 1 saturated heterocycles. The molecule has 0 bridgehead atoms. The number of hydrogen-bond donors (Lipinski definition) is 1. The quantitative estimate of drug-likeness (QED) is 0.904. The Morgan fingerprint density at radius 3 is 2.62 bits per heavy atom. The summed E-state index contributed by atoms with van der Waals surface area (Å²) in [6.45, 7) is 5.23. The third-order valence-electron chi connectivity index (χ3n) is 5.61. The van der Waals surface area contributed by atoms with E-state index in [9.17, 15) is 14.3 Å². The lowest BCUT2D eigenvalue weighted by Gasteiger charge is -2.42. The van der Waals surface area contributed by atoms with Crippen LogP contribution in [0.1, 0.15) is 39.9 Å². The number of aliphatic hydroxyl groups is 1. The predicted molar refractivity (Wildman–Crippen MR) is 101 cm³/mol. The van der Waals surface area contributed by atoms with E-state index in [4.69, 9.17) is 0 Å². The van der Waals surface area contributed by atoms with E-state index in [1.807, 2.05) is 36.9 Å². The zero-order valence-electron chi connectivity index (χ0n) is 15.5. The van der Waals surface area contributed by atoms with Gasteiger partial charge < -0.3 is 10.0 Å². The first-order valence-electron chi connectivity index (χ1n) is 9.15. The van der Waals surface area contributed by atoms with Gasteiger partial charge in [-0.3, -0.25) is 4.79 Å². The van der Waals surface area contributed by atoms with Crippen LogP contribution in [0.5, 0.6) is 0 Å². The van der Waals surface area contributed by atoms with Gasteiger partial charge in [0.15, 0.2) is 0 Å². The van der Waals surface area contributed by atoms with Crippen LogP contribution < -0.4 is 0 Å². The average Bonchev–Trinajstić information content (AvgIpc) is 2.65. The van der Waals surface area contributed by atoms with Gasteiger partial charge in [0, 0.05) is 24.1 Å². The molecule has 1 N–H and O–H groups in total. The molecule has 0 aliphatic carbocycles. The third-order valence-corrected chi connectivity index (χ3v) is 5.61. The van der Waals surface area contributed by atoms with Crippen molar-refractivity contribution in [2.75, 3.05) is 19.7 Å². The van der Waals surface area contributed by atoms with Gasteiger partial charge in [0.2, 0.25) is 0 Å². The van der Waals surface area contributed by atoms with Crippen LogP contribution in [0, 0.1) is 25.1 Å². The van der Waals surface area contributed by atoms with Crippen LogP contribution in [0.25, 0.3) is 0 Å². The molecule has 0 radical (unpaired) electrons. The summed E-state index contributed by atoms with van der Waals surface area (Å²) in [6.07, 6.45) is 2.36. The lowest BCUT2D eigenvalue weighted by molar-refractivity contribution is 0.0271. The van der Waals surface area contributed by atoms with Crippen LogP contribution in [0.4, 0.5) is 4.39 Å². The maximum absolute atomic E-state index is 13.2. The SMILES string of the molecule is Cc1cccc(C(=O)N2CCCC(CO)(Cc3ccc(F)cc3)C2)c1C. The maximum atomic E-state index is 13.2. The zero-order chi connectivity index (χ0) is 18.7. The molecule has 1 aliphatic rings. The molecule has 2 aromatic rings. The van der Waals surface area contributed by atoms with E-state index in [0.717, 1.165) is 35.1 Å². The van der Waals surface area contributed by atoms with Crippen LogP contribution in [0.15, 0.2) is 42.5 Å². The Bertz CT molecular complexity index is 787. The number of rotatable bonds is 4. The molecule has 1 amide bonds. The molecule has 0 saturated carbocycles. The minimum absolute atomic E-state index is 0.0148. The highest BCUT2D eigenvalue weighted by atomic mass is 19.1. The Morgan fingerprint density at radius 2 is 1.92 bits per heavy atom. The van der Waals surface area contributed by atoms with Crippen molar-refractivity contribution in [1.29, 1.82) is 0 Å². The highest BCUT2D eigenvalue weighted by Crippen LogP contribution is 2.34. The molecular weight excluding hydrogens is 329 g/mol. The lowest BCUT2D eigenvalue weighted by atomic mass is 9.75. The smallest absolute Gasteiger partial charge is 0.254 e. The summed E-state index contributed by atoms with van der Waals surface area (Å²) in [5, 5.41) is 10.1. The monoisotopic (exact) mass is 355 g/mol. The standard InChI is InChI=1S/C22H26FNO2/c1-16-5-3-6-20(17(16)2)21(26)24-12-4-11-22(14-24,15-25)13-18-7-9-19(23)10-8-18/h3,5-10,25H,4,11-15H2,1-2H3. The summed E-state index contributed by atoms with van der Waals surface area (Å²) < 4.78 is 13.2. The number of amides is 1. The minimum Gasteiger partial charge on any atom is -0.396 e. The number of piperidine rings is 1. The van der Waals surface area contributed by atoms with Crippen molar-refractivity contribution in [2.45, 2.75) is 33.1 Å². The Labute approximate surface area is 154 Å². The summed E-state index contributed by atoms with van der Waals surface area (Å²) in [4.78, 5) is 14.9. The van der Waals surface area contributed by atoms with Gasteiger partial charge in [-0.2, -0.15) is 0 Å². The summed E-state index contributed by atoms with van der Waals surface area (Å²) in [5.74, 6) is -0.231. The number of nitrogens with zero attached hydrogens (tertiary/aromatic N) is 1. The number of halogens is 1. The molecule has 0 spiro atoms. The van der Waals surface area contributed by atoms with Crippen molar-refractivity contribution in [3.63, 3.8) is 0 Å². The van der Waals surface area contributed by atoms with Crippen LogP contribution in [0.3, 0.4) is 0 Å². The van der Waals surface area contributed by atoms with E-state index in [0.29, 0.717) is 19.5 Å². The number of aryl methyl sites for hydroxylation is 1. The number of aliphatic hydroxyl groups excluding tert-OH is 1. The molecule has 26 heavy (non-hydrogen) atoms. The molecular formula is C22H26FNO2. The molecule has 3 nitrogen and oxygen atoms in total. The van der Waals surface area contributed by atoms with E-state index in [-0.39, 0.29) is 23.7 Å². The first kappa shape index (κ1) is 18.6. The predicted octanol–water partition coefficient (Wildman–Crippen LogP) is 3.90. The van der Waals surface area contributed by atoms with Crippen molar-refractivity contribution in [3.05, 3.63) is 70.5 Å². The van der Waals surface area contributed by atoms with Gasteiger partial charge in [0.25, 0.3) is 5.91 Å². The fourth-order valence-corrected chi connectivity index (χ4v) is 3.90. The second kappa shape index (κ2) is 7.58. The van der Waals surface area contributed by atoms with Crippen molar-refractivity contribution in [2.24, 2.45) is 5.41 Å². The summed E-state index contributed by atoms with van der Waals surface area (Å²) in [5.41, 5.74) is 3.47. The van der Waals surface area contributed by atoms with E-state index < -0.39 is 0 Å². The number of hydrogen-bond acceptors (Lipinski definition) is 2. The normalized spacial score (nSPS) is 20.2. The van der Waals surface area contributed by atoms with E-state index in [1.54, 1.807) is 12.1 Å². The molecule has 1 unspecified atom stereocenters. The molecule has 138 valence electrons. The Morgan fingerprint density at radius 1 is 1.19 bits per heavy atom. The van der Waals surface area contributed by atoms with Crippen LogP contribution in [0.2, 0.25) is 0 Å². The summed E-state index contributed by atoms with van der Waals surface area (Å²) in [7, 11) is 0. The molecule has 1 atom stereocenters. The molecule has 2 aromatic carbocycles. The highest BCUT2D eigenvalue weighted by Gasteiger charge is 2.37. The first-order chi connectivity index (χ1) is 12.4. The molecule has 4 heteroatoms. The van der Waals surface area contributed by atoms with Gasteiger partial charge in [0.05, 0.1) is 6.61 Å². The number of likely N-dealkylation sites (tertiary alicyclic amines) is 1. The second-order valence-corrected chi connectivity index (χ2v) is 7.54. The van der Waals surface area contributed by atoms with E-state index in [1.165, 1.54) is 12.1 Å². The fraction of sp³-hybridized carbons (Fsp3) is 0.409. The van der Waals surface area contributed by atoms with Gasteiger partial charge >= 0.3 is 0 Å². The molecule has 1 heterocycles. The maximum Gasteiger partial charge on any atom is 0.254 e. The van der Waals surface area contributed by atoms with Gasteiger partial charge in [-0.25, -0.2) is 4.39 Å². The molecule has 1 fully saturated rings. The topological polar surface area (TPSA) is 40.5 Å². The third kappa shape index (κ3) is 3.80. The molecule has 3 rings (SSSR count). The largest absolute Gasteiger partial charge is 0.396 e. The van der Waals surface area contributed by atoms with Crippen molar-refractivity contribution in [1.82, 2.24) is 4.90 Å². The van der Waals surface area contributed by atoms with Crippen LogP contribution in [-0.4, -0.2) is 35.6 Å². The molecule has 0 aromatic heterocycles. The molecule has 1 aliphatic heterocycles. The Kier molecular flexibility index (Phi) is 5.42. The van der Waals surface area contributed by atoms with Crippen molar-refractivity contribution >= 4 is 5.91 Å². The Hall–Kier alpha value is -2.20. The number of benzene rings is 2. The van der Waals surface area contributed by atoms with Crippen LogP contribution >= 0.6 is 0 Å². The van der Waals surface area contributed by atoms with Gasteiger partial charge in [-0.1, -0.05) is 24.3 Å². The second-order valence-electron chi connectivity index (χ2n) is 7.54. The average molecular weight is 355 g/mol. The van der Waals surface area contributed by atoms with Gasteiger partial charge in [-0.05, 0) is 68.0 Å². The summed E-state index contributed by atoms with van der Waals surface area (Å²) in [6, 6.07) is 12.2. The van der Waals surface area contributed by atoms with Gasteiger partial charge in [0.1, 0.15) is 5.82 Å². The highest BCUT2D eigenvalue weighted by molar-refractivity contribution is 5.96. The lowest BCUT2D eigenvalue weighted by Crippen LogP contribution is -2.49. The number of carbonyl (C=O) groups is 1. The van der Waals surface area contributed by atoms with Crippen molar-refractivity contribution < 1.29 is 14.3 Å². The zero-order valence-corrected chi connectivity index (χ0v) is 15.5. The van der Waals surface area contributed by atoms with Gasteiger partial charge in [-0.15, -0.1) is 0 Å². The van der Waals surface area contributed by atoms with E-state index >= 15 is 0 Å². The van der Waals surface area contributed by atoms with Crippen LogP contribution in [-0.2, 0) is 6.42 Å². The fourth-order valence-electron chi connectivity index (χ4n) is 3.90. The Balaban J connectivity index is 1.81. The summed E-state index contributed by atoms with van der Waals surface area (Å²) >= 11 is 0. The first-order valence-corrected chi connectivity index (χ1v) is 9.15. The minimum atomic E-state index is -0.372.